The first-order chi connectivity index (χ1) is 12.4. The molecule has 1 saturated carbocycles. The van der Waals surface area contributed by atoms with Crippen molar-refractivity contribution in [3.63, 3.8) is 0 Å². The molecule has 1 aliphatic carbocycles. The predicted molar refractivity (Wildman–Crippen MR) is 95.9 cm³/mol. The summed E-state index contributed by atoms with van der Waals surface area (Å²) >= 11 is 6.17. The monoisotopic (exact) mass is 374 g/mol. The van der Waals surface area contributed by atoms with Crippen molar-refractivity contribution in [2.24, 2.45) is 0 Å². The largest absolute Gasteiger partial charge is 0.464 e. The van der Waals surface area contributed by atoms with Gasteiger partial charge in [-0.1, -0.05) is 18.0 Å². The van der Waals surface area contributed by atoms with Gasteiger partial charge in [-0.2, -0.15) is 9.61 Å². The van der Waals surface area contributed by atoms with E-state index in [0.717, 1.165) is 35.8 Å². The zero-order chi connectivity index (χ0) is 18.4. The van der Waals surface area contributed by atoms with Crippen LogP contribution in [-0.4, -0.2) is 25.8 Å². The fourth-order valence-electron chi connectivity index (χ4n) is 3.29. The Kier molecular flexibility index (Phi) is 4.03. The molecule has 6 nitrogen and oxygen atoms in total. The Labute approximate surface area is 153 Å². The van der Waals surface area contributed by atoms with Crippen LogP contribution in [0.1, 0.15) is 36.3 Å². The first-order valence-electron chi connectivity index (χ1n) is 8.28. The summed E-state index contributed by atoms with van der Waals surface area (Å²) in [7, 11) is 0. The van der Waals surface area contributed by atoms with E-state index < -0.39 is 11.9 Å². The summed E-state index contributed by atoms with van der Waals surface area (Å²) in [6.07, 6.45) is 3.70. The molecule has 1 N–H and O–H groups in total. The van der Waals surface area contributed by atoms with Crippen LogP contribution in [-0.2, 0) is 0 Å². The molecule has 1 aromatic carbocycles. The van der Waals surface area contributed by atoms with Gasteiger partial charge in [0.1, 0.15) is 16.8 Å². The Morgan fingerprint density at radius 2 is 2.12 bits per heavy atom. The van der Waals surface area contributed by atoms with E-state index in [-0.39, 0.29) is 16.7 Å². The molecule has 0 radical (unpaired) electrons. The maximum absolute atomic E-state index is 13.8. The second-order valence-electron chi connectivity index (χ2n) is 6.50. The van der Waals surface area contributed by atoms with Gasteiger partial charge in [0.05, 0.1) is 11.9 Å². The molecule has 0 atom stereocenters. The van der Waals surface area contributed by atoms with Gasteiger partial charge in [-0.25, -0.2) is 19.1 Å². The smallest absolute Gasteiger partial charge is 0.417 e. The van der Waals surface area contributed by atoms with Crippen LogP contribution in [0.3, 0.4) is 0 Å². The molecular formula is C18H16ClFN4O2. The highest BCUT2D eigenvalue weighted by Gasteiger charge is 2.27. The zero-order valence-electron chi connectivity index (χ0n) is 14.0. The molecule has 2 aromatic heterocycles. The lowest BCUT2D eigenvalue weighted by Gasteiger charge is -2.24. The highest BCUT2D eigenvalue weighted by Crippen LogP contribution is 2.39. The highest BCUT2D eigenvalue weighted by molar-refractivity contribution is 6.29. The number of aromatic nitrogens is 3. The van der Waals surface area contributed by atoms with E-state index in [1.165, 1.54) is 16.6 Å². The molecule has 134 valence electrons. The first kappa shape index (κ1) is 16.8. The SMILES string of the molecule is Cc1cc(F)cc(N(C(=O)O)c2cc(Cl)nc3c(C4CCC4)cnn23)c1. The van der Waals surface area contributed by atoms with Crippen molar-refractivity contribution in [3.05, 3.63) is 52.6 Å². The summed E-state index contributed by atoms with van der Waals surface area (Å²) in [6.45, 7) is 1.70. The van der Waals surface area contributed by atoms with Crippen LogP contribution in [0.15, 0.2) is 30.5 Å². The molecule has 1 aliphatic rings. The molecule has 8 heteroatoms. The molecule has 26 heavy (non-hydrogen) atoms. The van der Waals surface area contributed by atoms with Crippen molar-refractivity contribution < 1.29 is 14.3 Å². The Balaban J connectivity index is 1.92. The summed E-state index contributed by atoms with van der Waals surface area (Å²) in [5.74, 6) is 0.0438. The van der Waals surface area contributed by atoms with Crippen molar-refractivity contribution in [1.29, 1.82) is 0 Å². The summed E-state index contributed by atoms with van der Waals surface area (Å²) in [5, 5.41) is 14.3. The fourth-order valence-corrected chi connectivity index (χ4v) is 3.47. The lowest BCUT2D eigenvalue weighted by molar-refractivity contribution is 0.204. The van der Waals surface area contributed by atoms with Crippen LogP contribution in [0.4, 0.5) is 20.7 Å². The van der Waals surface area contributed by atoms with Crippen molar-refractivity contribution >= 4 is 34.8 Å². The Morgan fingerprint density at radius 1 is 1.35 bits per heavy atom. The first-order valence-corrected chi connectivity index (χ1v) is 8.66. The van der Waals surface area contributed by atoms with Crippen molar-refractivity contribution in [2.45, 2.75) is 32.1 Å². The minimum atomic E-state index is -1.26. The van der Waals surface area contributed by atoms with Crippen LogP contribution in [0.25, 0.3) is 5.65 Å². The standard InChI is InChI=1S/C18H16ClFN4O2/c1-10-5-12(20)7-13(6-10)23(18(25)26)16-8-15(19)22-17-14(9-21-24(16)17)11-3-2-4-11/h5-9,11H,2-4H2,1H3,(H,25,26). The second kappa shape index (κ2) is 6.25. The number of hydrogen-bond acceptors (Lipinski definition) is 3. The van der Waals surface area contributed by atoms with Crippen molar-refractivity contribution in [3.8, 4) is 0 Å². The number of aryl methyl sites for hydroxylation is 1. The third kappa shape index (κ3) is 2.78. The van der Waals surface area contributed by atoms with E-state index in [4.69, 9.17) is 11.6 Å². The number of carbonyl (C=O) groups is 1. The lowest BCUT2D eigenvalue weighted by Crippen LogP contribution is -2.26. The van der Waals surface area contributed by atoms with E-state index in [9.17, 15) is 14.3 Å². The Morgan fingerprint density at radius 3 is 2.73 bits per heavy atom. The number of hydrogen-bond donors (Lipinski definition) is 1. The van der Waals surface area contributed by atoms with E-state index in [0.29, 0.717) is 17.1 Å². The van der Waals surface area contributed by atoms with Gasteiger partial charge in [-0.15, -0.1) is 0 Å². The van der Waals surface area contributed by atoms with E-state index in [1.54, 1.807) is 19.2 Å². The van der Waals surface area contributed by atoms with Gasteiger partial charge in [0.25, 0.3) is 0 Å². The van der Waals surface area contributed by atoms with Gasteiger partial charge in [0.2, 0.25) is 0 Å². The number of benzene rings is 1. The van der Waals surface area contributed by atoms with Crippen LogP contribution in [0.5, 0.6) is 0 Å². The van der Waals surface area contributed by atoms with Crippen LogP contribution >= 0.6 is 11.6 Å². The maximum Gasteiger partial charge on any atom is 0.417 e. The third-order valence-electron chi connectivity index (χ3n) is 4.70. The van der Waals surface area contributed by atoms with Gasteiger partial charge < -0.3 is 5.11 Å². The number of rotatable bonds is 3. The molecule has 0 spiro atoms. The number of amides is 1. The highest BCUT2D eigenvalue weighted by atomic mass is 35.5. The normalized spacial score (nSPS) is 14.4. The lowest BCUT2D eigenvalue weighted by atomic mass is 9.81. The van der Waals surface area contributed by atoms with Gasteiger partial charge in [0.15, 0.2) is 5.65 Å². The van der Waals surface area contributed by atoms with Crippen molar-refractivity contribution in [2.75, 3.05) is 4.90 Å². The molecule has 3 aromatic rings. The summed E-state index contributed by atoms with van der Waals surface area (Å²) in [5.41, 5.74) is 2.29. The number of fused-ring (bicyclic) bond motifs is 1. The summed E-state index contributed by atoms with van der Waals surface area (Å²) in [6, 6.07) is 5.51. The number of nitrogens with zero attached hydrogens (tertiary/aromatic N) is 4. The summed E-state index contributed by atoms with van der Waals surface area (Å²) in [4.78, 5) is 17.3. The Bertz CT molecular complexity index is 996. The van der Waals surface area contributed by atoms with Crippen LogP contribution < -0.4 is 4.90 Å². The molecule has 4 rings (SSSR count). The van der Waals surface area contributed by atoms with Crippen LogP contribution in [0, 0.1) is 12.7 Å². The second-order valence-corrected chi connectivity index (χ2v) is 6.89. The number of halogens is 2. The minimum absolute atomic E-state index is 0.160. The van der Waals surface area contributed by atoms with Gasteiger partial charge >= 0.3 is 6.09 Å². The maximum atomic E-state index is 13.8. The van der Waals surface area contributed by atoms with Crippen LogP contribution in [0.2, 0.25) is 5.15 Å². The Hall–Kier alpha value is -2.67. The van der Waals surface area contributed by atoms with Gasteiger partial charge in [-0.05, 0) is 49.4 Å². The average molecular weight is 375 g/mol. The molecular weight excluding hydrogens is 359 g/mol. The number of anilines is 2. The molecule has 0 unspecified atom stereocenters. The molecule has 0 bridgehead atoms. The molecule has 0 saturated heterocycles. The topological polar surface area (TPSA) is 70.7 Å². The van der Waals surface area contributed by atoms with Crippen molar-refractivity contribution in [1.82, 2.24) is 14.6 Å². The summed E-state index contributed by atoms with van der Waals surface area (Å²) < 4.78 is 15.3. The molecule has 1 fully saturated rings. The third-order valence-corrected chi connectivity index (χ3v) is 4.89. The molecule has 0 aliphatic heterocycles. The van der Waals surface area contributed by atoms with E-state index in [1.807, 2.05) is 0 Å². The van der Waals surface area contributed by atoms with Gasteiger partial charge in [-0.3, -0.25) is 0 Å². The minimum Gasteiger partial charge on any atom is -0.464 e. The fraction of sp³-hybridized carbons (Fsp3) is 0.278. The average Bonchev–Trinajstić information content (AvgIpc) is 2.88. The number of carboxylic acid groups (broad SMARTS) is 1. The quantitative estimate of drug-likeness (QED) is 0.661. The predicted octanol–water partition coefficient (Wildman–Crippen LogP) is 4.91. The van der Waals surface area contributed by atoms with Gasteiger partial charge in [0, 0.05) is 11.6 Å². The molecule has 2 heterocycles. The van der Waals surface area contributed by atoms with E-state index in [2.05, 4.69) is 10.1 Å². The van der Waals surface area contributed by atoms with E-state index >= 15 is 0 Å². The zero-order valence-corrected chi connectivity index (χ0v) is 14.7. The molecule has 1 amide bonds.